The van der Waals surface area contributed by atoms with Crippen molar-refractivity contribution in [3.05, 3.63) is 42.2 Å². The standard InChI is InChI=1S/C14H15F2N5O/c15-14(16)7-10(17)11(8-14)20-13(22)9-3-1-2-4-12(9)21-18-5-6-19-21/h1-6,10-11H,7-8,17H2,(H,20,22)/t10-,11-/m1/s1. The van der Waals surface area contributed by atoms with E-state index in [2.05, 4.69) is 15.5 Å². The Kier molecular flexibility index (Phi) is 3.61. The van der Waals surface area contributed by atoms with E-state index in [1.165, 1.54) is 17.2 Å². The molecular formula is C14H15F2N5O. The average Bonchev–Trinajstić information content (AvgIpc) is 3.07. The molecule has 3 N–H and O–H groups in total. The Hall–Kier alpha value is -2.35. The van der Waals surface area contributed by atoms with Gasteiger partial charge in [-0.2, -0.15) is 15.0 Å². The predicted octanol–water partition coefficient (Wildman–Crippen LogP) is 1.12. The minimum Gasteiger partial charge on any atom is -0.347 e. The molecule has 1 aromatic carbocycles. The molecular weight excluding hydrogens is 292 g/mol. The highest BCUT2D eigenvalue weighted by Gasteiger charge is 2.45. The van der Waals surface area contributed by atoms with Crippen molar-refractivity contribution in [2.24, 2.45) is 5.73 Å². The summed E-state index contributed by atoms with van der Waals surface area (Å²) in [6.45, 7) is 0. The molecule has 1 heterocycles. The Morgan fingerprint density at radius 2 is 1.95 bits per heavy atom. The predicted molar refractivity (Wildman–Crippen MR) is 74.8 cm³/mol. The number of halogens is 2. The number of rotatable bonds is 3. The summed E-state index contributed by atoms with van der Waals surface area (Å²) in [4.78, 5) is 13.7. The summed E-state index contributed by atoms with van der Waals surface area (Å²) in [5.41, 5.74) is 6.47. The number of para-hydroxylation sites is 1. The number of carbonyl (C=O) groups excluding carboxylic acids is 1. The highest BCUT2D eigenvalue weighted by atomic mass is 19.3. The highest BCUT2D eigenvalue weighted by Crippen LogP contribution is 2.34. The molecule has 1 fully saturated rings. The minimum absolute atomic E-state index is 0.307. The first-order valence-corrected chi connectivity index (χ1v) is 6.86. The molecule has 0 saturated heterocycles. The SMILES string of the molecule is N[C@@H]1CC(F)(F)C[C@H]1NC(=O)c1ccccc1-n1nccn1. The first kappa shape index (κ1) is 14.6. The second-order valence-corrected chi connectivity index (χ2v) is 5.34. The third kappa shape index (κ3) is 2.82. The molecule has 0 aliphatic heterocycles. The molecule has 1 aliphatic carbocycles. The molecule has 0 spiro atoms. The van der Waals surface area contributed by atoms with E-state index in [0.29, 0.717) is 11.3 Å². The lowest BCUT2D eigenvalue weighted by Crippen LogP contribution is -2.44. The Labute approximate surface area is 125 Å². The fourth-order valence-corrected chi connectivity index (χ4v) is 2.63. The van der Waals surface area contributed by atoms with Gasteiger partial charge in [0.15, 0.2) is 0 Å². The van der Waals surface area contributed by atoms with E-state index >= 15 is 0 Å². The second-order valence-electron chi connectivity index (χ2n) is 5.34. The maximum Gasteiger partial charge on any atom is 0.253 e. The summed E-state index contributed by atoms with van der Waals surface area (Å²) in [7, 11) is 0. The van der Waals surface area contributed by atoms with Gasteiger partial charge in [0, 0.05) is 18.9 Å². The second kappa shape index (κ2) is 5.45. The van der Waals surface area contributed by atoms with Gasteiger partial charge in [-0.05, 0) is 12.1 Å². The van der Waals surface area contributed by atoms with Crippen LogP contribution < -0.4 is 11.1 Å². The van der Waals surface area contributed by atoms with Crippen molar-refractivity contribution in [1.29, 1.82) is 0 Å². The molecule has 22 heavy (non-hydrogen) atoms. The van der Waals surface area contributed by atoms with Gasteiger partial charge in [0.2, 0.25) is 0 Å². The van der Waals surface area contributed by atoms with Gasteiger partial charge in [0.1, 0.15) is 0 Å². The largest absolute Gasteiger partial charge is 0.347 e. The summed E-state index contributed by atoms with van der Waals surface area (Å²) in [6.07, 6.45) is 2.12. The molecule has 116 valence electrons. The van der Waals surface area contributed by atoms with Crippen molar-refractivity contribution in [3.8, 4) is 5.69 Å². The summed E-state index contributed by atoms with van der Waals surface area (Å²) in [6, 6.07) is 5.19. The number of hydrogen-bond acceptors (Lipinski definition) is 4. The summed E-state index contributed by atoms with van der Waals surface area (Å²) in [5.74, 6) is -3.30. The molecule has 6 nitrogen and oxygen atoms in total. The van der Waals surface area contributed by atoms with Crippen molar-refractivity contribution >= 4 is 5.91 Å². The van der Waals surface area contributed by atoms with E-state index < -0.39 is 36.8 Å². The Morgan fingerprint density at radius 3 is 2.59 bits per heavy atom. The summed E-state index contributed by atoms with van der Waals surface area (Å²) >= 11 is 0. The molecule has 1 aromatic heterocycles. The average molecular weight is 307 g/mol. The molecule has 3 rings (SSSR count). The first-order valence-electron chi connectivity index (χ1n) is 6.86. The van der Waals surface area contributed by atoms with Crippen LogP contribution in [-0.4, -0.2) is 38.9 Å². The Balaban J connectivity index is 1.82. The number of benzene rings is 1. The van der Waals surface area contributed by atoms with Crippen LogP contribution in [0.4, 0.5) is 8.78 Å². The van der Waals surface area contributed by atoms with E-state index in [0.717, 1.165) is 0 Å². The fourth-order valence-electron chi connectivity index (χ4n) is 2.63. The molecule has 2 atom stereocenters. The lowest BCUT2D eigenvalue weighted by molar-refractivity contribution is 0.00614. The van der Waals surface area contributed by atoms with E-state index in [1.807, 2.05) is 0 Å². The van der Waals surface area contributed by atoms with Crippen LogP contribution in [0.25, 0.3) is 5.69 Å². The van der Waals surface area contributed by atoms with Crippen LogP contribution >= 0.6 is 0 Å². The summed E-state index contributed by atoms with van der Waals surface area (Å²) in [5, 5.41) is 10.6. The van der Waals surface area contributed by atoms with Crippen molar-refractivity contribution < 1.29 is 13.6 Å². The summed E-state index contributed by atoms with van der Waals surface area (Å²) < 4.78 is 26.7. The zero-order valence-corrected chi connectivity index (χ0v) is 11.6. The van der Waals surface area contributed by atoms with Crippen LogP contribution in [0.1, 0.15) is 23.2 Å². The molecule has 0 radical (unpaired) electrons. The van der Waals surface area contributed by atoms with Crippen LogP contribution in [0.3, 0.4) is 0 Å². The number of aromatic nitrogens is 3. The van der Waals surface area contributed by atoms with Gasteiger partial charge in [0.25, 0.3) is 11.8 Å². The van der Waals surface area contributed by atoms with E-state index in [1.54, 1.807) is 24.3 Å². The zero-order chi connectivity index (χ0) is 15.7. The monoisotopic (exact) mass is 307 g/mol. The minimum atomic E-state index is -2.83. The maximum atomic E-state index is 13.3. The smallest absolute Gasteiger partial charge is 0.253 e. The zero-order valence-electron chi connectivity index (χ0n) is 11.6. The number of nitrogens with zero attached hydrogens (tertiary/aromatic N) is 3. The van der Waals surface area contributed by atoms with Gasteiger partial charge in [-0.3, -0.25) is 4.79 Å². The number of alkyl halides is 2. The fraction of sp³-hybridized carbons (Fsp3) is 0.357. The quantitative estimate of drug-likeness (QED) is 0.890. The Morgan fingerprint density at radius 1 is 1.27 bits per heavy atom. The highest BCUT2D eigenvalue weighted by molar-refractivity contribution is 5.97. The number of carbonyl (C=O) groups is 1. The van der Waals surface area contributed by atoms with Crippen molar-refractivity contribution in [1.82, 2.24) is 20.3 Å². The van der Waals surface area contributed by atoms with Crippen LogP contribution in [0.2, 0.25) is 0 Å². The third-order valence-corrected chi connectivity index (χ3v) is 3.67. The molecule has 0 unspecified atom stereocenters. The number of amides is 1. The van der Waals surface area contributed by atoms with Gasteiger partial charge in [-0.1, -0.05) is 12.1 Å². The normalized spacial score (nSPS) is 23.4. The third-order valence-electron chi connectivity index (χ3n) is 3.67. The number of nitrogens with two attached hydrogens (primary N) is 1. The van der Waals surface area contributed by atoms with Crippen LogP contribution in [0, 0.1) is 0 Å². The lowest BCUT2D eigenvalue weighted by atomic mass is 10.1. The number of nitrogens with one attached hydrogen (secondary N) is 1. The van der Waals surface area contributed by atoms with Crippen LogP contribution in [-0.2, 0) is 0 Å². The molecule has 1 amide bonds. The van der Waals surface area contributed by atoms with Crippen LogP contribution in [0.5, 0.6) is 0 Å². The van der Waals surface area contributed by atoms with Gasteiger partial charge in [0.05, 0.1) is 29.7 Å². The topological polar surface area (TPSA) is 85.8 Å². The molecule has 8 heteroatoms. The molecule has 0 bridgehead atoms. The molecule has 2 aromatic rings. The van der Waals surface area contributed by atoms with Gasteiger partial charge >= 0.3 is 0 Å². The maximum absolute atomic E-state index is 13.3. The van der Waals surface area contributed by atoms with Crippen molar-refractivity contribution in [2.75, 3.05) is 0 Å². The van der Waals surface area contributed by atoms with Gasteiger partial charge in [-0.25, -0.2) is 8.78 Å². The van der Waals surface area contributed by atoms with Crippen molar-refractivity contribution in [2.45, 2.75) is 30.8 Å². The van der Waals surface area contributed by atoms with Gasteiger partial charge < -0.3 is 11.1 Å². The Bertz CT molecular complexity index is 674. The molecule has 1 saturated carbocycles. The van der Waals surface area contributed by atoms with E-state index in [4.69, 9.17) is 5.73 Å². The van der Waals surface area contributed by atoms with E-state index in [-0.39, 0.29) is 0 Å². The van der Waals surface area contributed by atoms with Gasteiger partial charge in [-0.15, -0.1) is 0 Å². The number of hydrogen-bond donors (Lipinski definition) is 2. The van der Waals surface area contributed by atoms with Crippen LogP contribution in [0.15, 0.2) is 36.7 Å². The van der Waals surface area contributed by atoms with E-state index in [9.17, 15) is 13.6 Å². The molecule has 1 aliphatic rings. The van der Waals surface area contributed by atoms with Crippen molar-refractivity contribution in [3.63, 3.8) is 0 Å². The first-order chi connectivity index (χ1) is 10.5. The lowest BCUT2D eigenvalue weighted by Gasteiger charge is -2.17.